The molecule has 2 aliphatic rings. The lowest BCUT2D eigenvalue weighted by molar-refractivity contribution is -0.131. The van der Waals surface area contributed by atoms with Gasteiger partial charge in [0.25, 0.3) is 0 Å². The van der Waals surface area contributed by atoms with Gasteiger partial charge in [-0.25, -0.2) is 4.79 Å². The van der Waals surface area contributed by atoms with E-state index < -0.39 is 5.97 Å². The highest BCUT2D eigenvalue weighted by atomic mass is 16.5. The molecule has 2 atom stereocenters. The number of hydrogen-bond acceptors (Lipinski definition) is 3. The molecule has 2 fully saturated rings. The minimum atomic E-state index is -0.881. The summed E-state index contributed by atoms with van der Waals surface area (Å²) in [4.78, 5) is 12.6. The first kappa shape index (κ1) is 10.5. The topological polar surface area (TPSA) is 49.8 Å². The van der Waals surface area contributed by atoms with Crippen molar-refractivity contribution < 1.29 is 14.6 Å². The van der Waals surface area contributed by atoms with Gasteiger partial charge >= 0.3 is 5.97 Å². The summed E-state index contributed by atoms with van der Waals surface area (Å²) in [6, 6.07) is 0.392. The number of nitrogens with zero attached hydrogens (tertiary/aromatic N) is 1. The van der Waals surface area contributed by atoms with Crippen molar-refractivity contribution in [1.82, 2.24) is 4.90 Å². The third kappa shape index (κ3) is 2.50. The Morgan fingerprint density at radius 3 is 3.00 bits per heavy atom. The van der Waals surface area contributed by atoms with Gasteiger partial charge in [-0.05, 0) is 12.8 Å². The number of carboxylic acid groups (broad SMARTS) is 1. The maximum Gasteiger partial charge on any atom is 0.329 e. The predicted octanol–water partition coefficient (Wildman–Crippen LogP) is 1.23. The summed E-state index contributed by atoms with van der Waals surface area (Å²) in [5.74, 6) is -0.881. The number of carbonyl (C=O) groups is 1. The second-order valence-electron chi connectivity index (χ2n) is 4.15. The molecule has 0 aromatic heterocycles. The molecule has 1 heterocycles. The SMILES string of the molecule is O=C(O)C=CN1CCOC2CCCCC21. The van der Waals surface area contributed by atoms with Crippen LogP contribution in [0.15, 0.2) is 12.3 Å². The molecule has 1 N–H and O–H groups in total. The Morgan fingerprint density at radius 1 is 1.40 bits per heavy atom. The highest BCUT2D eigenvalue weighted by Crippen LogP contribution is 2.28. The average Bonchev–Trinajstić information content (AvgIpc) is 2.26. The second-order valence-corrected chi connectivity index (χ2v) is 4.15. The second kappa shape index (κ2) is 4.66. The lowest BCUT2D eigenvalue weighted by Crippen LogP contribution is -2.50. The summed E-state index contributed by atoms with van der Waals surface area (Å²) < 4.78 is 5.70. The maximum atomic E-state index is 10.5. The monoisotopic (exact) mass is 211 g/mol. The summed E-state index contributed by atoms with van der Waals surface area (Å²) in [5.41, 5.74) is 0. The zero-order chi connectivity index (χ0) is 10.7. The molecular formula is C11H17NO3. The number of aliphatic carboxylic acids is 1. The maximum absolute atomic E-state index is 10.5. The Labute approximate surface area is 89.5 Å². The first-order valence-electron chi connectivity index (χ1n) is 5.56. The Hall–Kier alpha value is -1.03. The van der Waals surface area contributed by atoms with Gasteiger partial charge in [-0.2, -0.15) is 0 Å². The van der Waals surface area contributed by atoms with E-state index in [0.29, 0.717) is 18.8 Å². The van der Waals surface area contributed by atoms with Crippen LogP contribution in [-0.4, -0.2) is 41.3 Å². The lowest BCUT2D eigenvalue weighted by Gasteiger charge is -2.43. The Balaban J connectivity index is 2.00. The molecule has 1 saturated heterocycles. The van der Waals surface area contributed by atoms with Crippen molar-refractivity contribution in [2.75, 3.05) is 13.2 Å². The Kier molecular flexibility index (Phi) is 3.26. The largest absolute Gasteiger partial charge is 0.478 e. The van der Waals surface area contributed by atoms with Gasteiger partial charge in [0.2, 0.25) is 0 Å². The molecule has 1 saturated carbocycles. The van der Waals surface area contributed by atoms with Crippen molar-refractivity contribution in [3.8, 4) is 0 Å². The highest BCUT2D eigenvalue weighted by molar-refractivity contribution is 5.79. The molecule has 4 nitrogen and oxygen atoms in total. The summed E-state index contributed by atoms with van der Waals surface area (Å²) >= 11 is 0. The number of fused-ring (bicyclic) bond motifs is 1. The molecular weight excluding hydrogens is 194 g/mol. The van der Waals surface area contributed by atoms with Crippen LogP contribution < -0.4 is 0 Å². The van der Waals surface area contributed by atoms with Crippen LogP contribution in [0, 0.1) is 0 Å². The number of rotatable bonds is 2. The fourth-order valence-corrected chi connectivity index (χ4v) is 2.47. The number of ether oxygens (including phenoxy) is 1. The third-order valence-electron chi connectivity index (χ3n) is 3.18. The Morgan fingerprint density at radius 2 is 2.20 bits per heavy atom. The molecule has 1 aliphatic carbocycles. The summed E-state index contributed by atoms with van der Waals surface area (Å²) in [5, 5.41) is 8.60. The smallest absolute Gasteiger partial charge is 0.329 e. The minimum Gasteiger partial charge on any atom is -0.478 e. The van der Waals surface area contributed by atoms with Crippen LogP contribution in [0.5, 0.6) is 0 Å². The highest BCUT2D eigenvalue weighted by Gasteiger charge is 2.32. The molecule has 0 aromatic rings. The van der Waals surface area contributed by atoms with E-state index in [-0.39, 0.29) is 0 Å². The molecule has 0 radical (unpaired) electrons. The predicted molar refractivity (Wildman–Crippen MR) is 55.5 cm³/mol. The van der Waals surface area contributed by atoms with Crippen molar-refractivity contribution in [1.29, 1.82) is 0 Å². The van der Waals surface area contributed by atoms with Gasteiger partial charge in [0, 0.05) is 18.8 Å². The number of morpholine rings is 1. The van der Waals surface area contributed by atoms with E-state index in [1.165, 1.54) is 18.9 Å². The zero-order valence-corrected chi connectivity index (χ0v) is 8.76. The van der Waals surface area contributed by atoms with Crippen molar-refractivity contribution in [3.05, 3.63) is 12.3 Å². The first-order valence-corrected chi connectivity index (χ1v) is 5.56. The molecule has 2 rings (SSSR count). The van der Waals surface area contributed by atoms with Gasteiger partial charge in [0.1, 0.15) is 0 Å². The van der Waals surface area contributed by atoms with Crippen LogP contribution in [0.4, 0.5) is 0 Å². The molecule has 0 bridgehead atoms. The van der Waals surface area contributed by atoms with Gasteiger partial charge in [-0.3, -0.25) is 0 Å². The molecule has 1 aliphatic heterocycles. The van der Waals surface area contributed by atoms with Gasteiger partial charge in [-0.1, -0.05) is 12.8 Å². The fraction of sp³-hybridized carbons (Fsp3) is 0.727. The minimum absolute atomic E-state index is 0.311. The molecule has 0 amide bonds. The standard InChI is InChI=1S/C11H17NO3/c13-11(14)5-6-12-7-8-15-10-4-2-1-3-9(10)12/h5-6,9-10H,1-4,7-8H2,(H,13,14). The summed E-state index contributed by atoms with van der Waals surface area (Å²) in [7, 11) is 0. The molecule has 2 unspecified atom stereocenters. The molecule has 15 heavy (non-hydrogen) atoms. The van der Waals surface area contributed by atoms with Gasteiger partial charge in [0.15, 0.2) is 0 Å². The van der Waals surface area contributed by atoms with Crippen LogP contribution in [0.1, 0.15) is 25.7 Å². The van der Waals surface area contributed by atoms with Crippen LogP contribution in [-0.2, 0) is 9.53 Å². The zero-order valence-electron chi connectivity index (χ0n) is 8.76. The molecule has 0 spiro atoms. The first-order chi connectivity index (χ1) is 7.27. The van der Waals surface area contributed by atoms with E-state index in [0.717, 1.165) is 19.4 Å². The van der Waals surface area contributed by atoms with Crippen molar-refractivity contribution in [2.24, 2.45) is 0 Å². The van der Waals surface area contributed by atoms with E-state index in [4.69, 9.17) is 9.84 Å². The molecule has 0 aromatic carbocycles. The van der Waals surface area contributed by atoms with Crippen molar-refractivity contribution in [3.63, 3.8) is 0 Å². The molecule has 4 heteroatoms. The van der Waals surface area contributed by atoms with Crippen molar-refractivity contribution in [2.45, 2.75) is 37.8 Å². The van der Waals surface area contributed by atoms with Crippen LogP contribution >= 0.6 is 0 Å². The Bertz CT molecular complexity index is 263. The van der Waals surface area contributed by atoms with Gasteiger partial charge in [-0.15, -0.1) is 0 Å². The normalized spacial score (nSPS) is 31.6. The summed E-state index contributed by atoms with van der Waals surface area (Å²) in [6.07, 6.45) is 7.92. The molecule has 84 valence electrons. The van der Waals surface area contributed by atoms with Crippen LogP contribution in [0.2, 0.25) is 0 Å². The van der Waals surface area contributed by atoms with E-state index in [9.17, 15) is 4.79 Å². The van der Waals surface area contributed by atoms with E-state index in [1.807, 2.05) is 0 Å². The van der Waals surface area contributed by atoms with Crippen LogP contribution in [0.3, 0.4) is 0 Å². The van der Waals surface area contributed by atoms with E-state index in [1.54, 1.807) is 6.20 Å². The van der Waals surface area contributed by atoms with E-state index >= 15 is 0 Å². The lowest BCUT2D eigenvalue weighted by atomic mass is 9.90. The van der Waals surface area contributed by atoms with Gasteiger partial charge < -0.3 is 14.7 Å². The number of hydrogen-bond donors (Lipinski definition) is 1. The number of carboxylic acids is 1. The third-order valence-corrected chi connectivity index (χ3v) is 3.18. The fourth-order valence-electron chi connectivity index (χ4n) is 2.47. The van der Waals surface area contributed by atoms with E-state index in [2.05, 4.69) is 4.90 Å². The summed E-state index contributed by atoms with van der Waals surface area (Å²) in [6.45, 7) is 1.52. The average molecular weight is 211 g/mol. The van der Waals surface area contributed by atoms with Crippen LogP contribution in [0.25, 0.3) is 0 Å². The van der Waals surface area contributed by atoms with Gasteiger partial charge in [0.05, 0.1) is 18.8 Å². The quantitative estimate of drug-likeness (QED) is 0.698. The van der Waals surface area contributed by atoms with Crippen molar-refractivity contribution >= 4 is 5.97 Å².